The number of aliphatic hydroxyl groups is 1. The van der Waals surface area contributed by atoms with E-state index in [2.05, 4.69) is 10.3 Å². The van der Waals surface area contributed by atoms with Crippen molar-refractivity contribution in [2.45, 2.75) is 26.1 Å². The lowest BCUT2D eigenvalue weighted by atomic mass is 10.1. The number of hydrogen-bond acceptors (Lipinski definition) is 4. The van der Waals surface area contributed by atoms with E-state index >= 15 is 0 Å². The molecule has 3 aromatic rings. The third-order valence-corrected chi connectivity index (χ3v) is 4.64. The molecule has 2 aromatic carbocycles. The second-order valence-electron chi connectivity index (χ2n) is 6.86. The van der Waals surface area contributed by atoms with Gasteiger partial charge in [0.05, 0.1) is 5.56 Å². The quantitative estimate of drug-likeness (QED) is 0.627. The minimum atomic E-state index is -4.54. The first-order valence-electron chi connectivity index (χ1n) is 9.44. The molecule has 0 aliphatic heterocycles. The third-order valence-electron chi connectivity index (χ3n) is 4.64. The largest absolute Gasteiger partial charge is 0.416 e. The van der Waals surface area contributed by atoms with Crippen LogP contribution in [-0.2, 0) is 23.9 Å². The molecule has 0 aliphatic carbocycles. The first-order valence-corrected chi connectivity index (χ1v) is 9.44. The van der Waals surface area contributed by atoms with Gasteiger partial charge in [0, 0.05) is 35.5 Å². The van der Waals surface area contributed by atoms with Crippen LogP contribution < -0.4 is 10.9 Å². The monoisotopic (exact) mass is 431 g/mol. The fraction of sp³-hybridized carbons (Fsp3) is 0.227. The molecule has 9 heteroatoms. The normalized spacial score (nSPS) is 11.4. The number of hydrogen-bond donors (Lipinski definition) is 2. The van der Waals surface area contributed by atoms with Crippen molar-refractivity contribution in [2.24, 2.45) is 0 Å². The van der Waals surface area contributed by atoms with Crippen molar-refractivity contribution in [1.29, 1.82) is 0 Å². The van der Waals surface area contributed by atoms with Crippen LogP contribution in [0.15, 0.2) is 59.4 Å². The molecule has 3 rings (SSSR count). The fourth-order valence-electron chi connectivity index (χ4n) is 3.17. The Morgan fingerprint density at radius 2 is 1.84 bits per heavy atom. The molecule has 0 radical (unpaired) electrons. The number of aromatic nitrogens is 2. The first-order chi connectivity index (χ1) is 14.7. The van der Waals surface area contributed by atoms with E-state index in [9.17, 15) is 27.9 Å². The standard InChI is InChI=1S/C22H20F3N3O3/c1-14-18(10-11-29)21(31)28(20(26-14)15-6-3-2-4-7-15)13-19(30)27-17-9-5-8-16(12-17)22(23,24)25/h2-9,12,29H,10-11,13H2,1H3,(H,27,30). The molecule has 31 heavy (non-hydrogen) atoms. The summed E-state index contributed by atoms with van der Waals surface area (Å²) in [5, 5.41) is 11.7. The van der Waals surface area contributed by atoms with Gasteiger partial charge in [-0.05, 0) is 25.1 Å². The Kier molecular flexibility index (Phi) is 6.55. The van der Waals surface area contributed by atoms with Gasteiger partial charge < -0.3 is 10.4 Å². The lowest BCUT2D eigenvalue weighted by Gasteiger charge is -2.16. The van der Waals surface area contributed by atoms with Gasteiger partial charge in [0.2, 0.25) is 5.91 Å². The minimum absolute atomic E-state index is 0.0372. The second kappa shape index (κ2) is 9.13. The summed E-state index contributed by atoms with van der Waals surface area (Å²) in [6.07, 6.45) is -4.47. The smallest absolute Gasteiger partial charge is 0.396 e. The Hall–Kier alpha value is -3.46. The van der Waals surface area contributed by atoms with E-state index in [1.807, 2.05) is 0 Å². The third kappa shape index (κ3) is 5.18. The molecule has 0 atom stereocenters. The van der Waals surface area contributed by atoms with Crippen molar-refractivity contribution in [1.82, 2.24) is 9.55 Å². The Bertz CT molecular complexity index is 1140. The van der Waals surface area contributed by atoms with Crippen LogP contribution in [0.25, 0.3) is 11.4 Å². The molecule has 1 heterocycles. The molecular formula is C22H20F3N3O3. The van der Waals surface area contributed by atoms with Crippen molar-refractivity contribution < 1.29 is 23.1 Å². The molecular weight excluding hydrogens is 411 g/mol. The van der Waals surface area contributed by atoms with Gasteiger partial charge >= 0.3 is 6.18 Å². The van der Waals surface area contributed by atoms with Crippen LogP contribution in [0.2, 0.25) is 0 Å². The van der Waals surface area contributed by atoms with E-state index in [4.69, 9.17) is 0 Å². The van der Waals surface area contributed by atoms with Gasteiger partial charge in [0.25, 0.3) is 5.56 Å². The maximum absolute atomic E-state index is 13.0. The van der Waals surface area contributed by atoms with Crippen LogP contribution in [0, 0.1) is 6.92 Å². The molecule has 1 amide bonds. The fourth-order valence-corrected chi connectivity index (χ4v) is 3.17. The molecule has 0 aliphatic rings. The van der Waals surface area contributed by atoms with Crippen molar-refractivity contribution in [3.05, 3.63) is 81.8 Å². The van der Waals surface area contributed by atoms with Crippen LogP contribution in [0.3, 0.4) is 0 Å². The summed E-state index contributed by atoms with van der Waals surface area (Å²) in [4.78, 5) is 30.1. The van der Waals surface area contributed by atoms with Gasteiger partial charge in [-0.25, -0.2) is 4.98 Å². The summed E-state index contributed by atoms with van der Waals surface area (Å²) in [6.45, 7) is 0.926. The Balaban J connectivity index is 1.97. The van der Waals surface area contributed by atoms with Gasteiger partial charge in [-0.3, -0.25) is 14.2 Å². The molecule has 0 bridgehead atoms. The second-order valence-corrected chi connectivity index (χ2v) is 6.86. The number of nitrogens with one attached hydrogen (secondary N) is 1. The average Bonchev–Trinajstić information content (AvgIpc) is 2.73. The molecule has 0 fully saturated rings. The number of anilines is 1. The van der Waals surface area contributed by atoms with Gasteiger partial charge in [-0.2, -0.15) is 13.2 Å². The average molecular weight is 431 g/mol. The van der Waals surface area contributed by atoms with Crippen molar-refractivity contribution in [3.63, 3.8) is 0 Å². The zero-order valence-corrected chi connectivity index (χ0v) is 16.6. The number of carbonyl (C=O) groups is 1. The van der Waals surface area contributed by atoms with E-state index in [-0.39, 0.29) is 30.1 Å². The highest BCUT2D eigenvalue weighted by molar-refractivity contribution is 5.91. The molecule has 0 saturated heterocycles. The summed E-state index contributed by atoms with van der Waals surface area (Å²) in [5.41, 5.74) is -0.106. The number of nitrogens with zero attached hydrogens (tertiary/aromatic N) is 2. The molecule has 0 unspecified atom stereocenters. The molecule has 6 nitrogen and oxygen atoms in total. The van der Waals surface area contributed by atoms with Crippen molar-refractivity contribution >= 4 is 11.6 Å². The maximum atomic E-state index is 13.0. The van der Waals surface area contributed by atoms with Gasteiger partial charge in [-0.15, -0.1) is 0 Å². The molecule has 2 N–H and O–H groups in total. The first kappa shape index (κ1) is 22.2. The Labute approximate surface area is 176 Å². The topological polar surface area (TPSA) is 84.2 Å². The highest BCUT2D eigenvalue weighted by Crippen LogP contribution is 2.30. The minimum Gasteiger partial charge on any atom is -0.396 e. The number of halogens is 3. The number of aryl methyl sites for hydroxylation is 1. The Morgan fingerprint density at radius 3 is 2.48 bits per heavy atom. The number of alkyl halides is 3. The SMILES string of the molecule is Cc1nc(-c2ccccc2)n(CC(=O)Nc2cccc(C(F)(F)F)c2)c(=O)c1CCO. The lowest BCUT2D eigenvalue weighted by Crippen LogP contribution is -2.33. The maximum Gasteiger partial charge on any atom is 0.416 e. The van der Waals surface area contributed by atoms with E-state index in [1.54, 1.807) is 37.3 Å². The lowest BCUT2D eigenvalue weighted by molar-refractivity contribution is -0.137. The zero-order chi connectivity index (χ0) is 22.6. The number of aliphatic hydroxyl groups excluding tert-OH is 1. The summed E-state index contributed by atoms with van der Waals surface area (Å²) in [5.74, 6) is -0.428. The summed E-state index contributed by atoms with van der Waals surface area (Å²) < 4.78 is 39.9. The van der Waals surface area contributed by atoms with E-state index in [0.29, 0.717) is 11.3 Å². The highest BCUT2D eigenvalue weighted by atomic mass is 19.4. The number of carbonyl (C=O) groups excluding carboxylic acids is 1. The van der Waals surface area contributed by atoms with Gasteiger partial charge in [0.15, 0.2) is 0 Å². The molecule has 0 saturated carbocycles. The van der Waals surface area contributed by atoms with Gasteiger partial charge in [-0.1, -0.05) is 36.4 Å². The molecule has 162 valence electrons. The number of amides is 1. The van der Waals surface area contributed by atoms with Gasteiger partial charge in [0.1, 0.15) is 12.4 Å². The zero-order valence-electron chi connectivity index (χ0n) is 16.6. The number of rotatable bonds is 6. The van der Waals surface area contributed by atoms with Crippen LogP contribution in [0.5, 0.6) is 0 Å². The van der Waals surface area contributed by atoms with Crippen molar-refractivity contribution in [3.8, 4) is 11.4 Å². The Morgan fingerprint density at radius 1 is 1.13 bits per heavy atom. The predicted octanol–water partition coefficient (Wildman–Crippen LogP) is 3.41. The van der Waals surface area contributed by atoms with E-state index in [0.717, 1.165) is 16.7 Å². The van der Waals surface area contributed by atoms with Crippen LogP contribution in [-0.4, -0.2) is 27.2 Å². The summed E-state index contributed by atoms with van der Waals surface area (Å²) >= 11 is 0. The summed E-state index contributed by atoms with van der Waals surface area (Å²) in [6, 6.07) is 13.0. The predicted molar refractivity (Wildman–Crippen MR) is 110 cm³/mol. The molecule has 0 spiro atoms. The summed E-state index contributed by atoms with van der Waals surface area (Å²) in [7, 11) is 0. The van der Waals surface area contributed by atoms with E-state index in [1.165, 1.54) is 12.1 Å². The van der Waals surface area contributed by atoms with Crippen LogP contribution in [0.1, 0.15) is 16.8 Å². The van der Waals surface area contributed by atoms with Crippen LogP contribution in [0.4, 0.5) is 18.9 Å². The highest BCUT2D eigenvalue weighted by Gasteiger charge is 2.30. The van der Waals surface area contributed by atoms with E-state index < -0.39 is 29.8 Å². The number of benzene rings is 2. The molecule has 1 aromatic heterocycles. The van der Waals surface area contributed by atoms with Crippen LogP contribution >= 0.6 is 0 Å². The van der Waals surface area contributed by atoms with Crippen molar-refractivity contribution in [2.75, 3.05) is 11.9 Å².